The first-order chi connectivity index (χ1) is 10.6. The molecule has 0 saturated carbocycles. The molecule has 0 aliphatic carbocycles. The fourth-order valence-corrected chi connectivity index (χ4v) is 1.10. The van der Waals surface area contributed by atoms with Crippen LogP contribution in [0, 0.1) is 0 Å². The largest absolute Gasteiger partial charge is 2.00 e. The van der Waals surface area contributed by atoms with E-state index >= 15 is 0 Å². The molecule has 0 atom stereocenters. The van der Waals surface area contributed by atoms with Crippen molar-refractivity contribution in [2.24, 2.45) is 0 Å². The van der Waals surface area contributed by atoms with Gasteiger partial charge in [-0.25, -0.2) is 4.79 Å². The molecule has 31 heteroatoms. The summed E-state index contributed by atoms with van der Waals surface area (Å²) in [6.07, 6.45) is -8.58. The minimum absolute atomic E-state index is 0. The van der Waals surface area contributed by atoms with Crippen LogP contribution in [0.5, 0.6) is 0 Å². The summed E-state index contributed by atoms with van der Waals surface area (Å²) in [5.41, 5.74) is 0. The summed E-state index contributed by atoms with van der Waals surface area (Å²) in [5, 5.41) is 62.6. The van der Waals surface area contributed by atoms with Crippen molar-refractivity contribution in [3.63, 3.8) is 0 Å². The van der Waals surface area contributed by atoms with E-state index in [1.54, 1.807) is 0 Å². The van der Waals surface area contributed by atoms with E-state index in [9.17, 15) is 28.7 Å². The molecule has 0 radical (unpaired) electrons. The maximum Gasteiger partial charge on any atom is 2.00 e. The van der Waals surface area contributed by atoms with Gasteiger partial charge in [-0.15, -0.1) is 0 Å². The zero-order chi connectivity index (χ0) is 22.0. The molecule has 0 unspecified atom stereocenters. The molecular weight excluding hydrogens is 733 g/mol. The molecule has 0 amide bonds. The Hall–Kier alpha value is 8.00. The molecule has 0 aromatic heterocycles. The van der Waals surface area contributed by atoms with Crippen molar-refractivity contribution in [1.82, 2.24) is 0 Å². The van der Waals surface area contributed by atoms with Crippen molar-refractivity contribution in [2.45, 2.75) is 0 Å². The quantitative estimate of drug-likeness (QED) is 0.175. The first-order valence-electron chi connectivity index (χ1n) is 3.97. The Balaban J connectivity index is -0.0000000107. The van der Waals surface area contributed by atoms with Crippen molar-refractivity contribution in [2.75, 3.05) is 0 Å². The van der Waals surface area contributed by atoms with E-state index in [0.29, 0.717) is 0 Å². The molecule has 35 heavy (non-hydrogen) atoms. The smallest absolute Gasteiger partial charge is 0.870 e. The van der Waals surface area contributed by atoms with Gasteiger partial charge in [-0.05, 0) is 12.3 Å². The summed E-state index contributed by atoms with van der Waals surface area (Å²) in [6.45, 7) is 0. The van der Waals surface area contributed by atoms with Crippen LogP contribution in [-0.4, -0.2) is 83.2 Å². The van der Waals surface area contributed by atoms with Crippen LogP contribution in [0.1, 0.15) is 0 Å². The second kappa shape index (κ2) is 64.8. The zero-order valence-corrected chi connectivity index (χ0v) is 44.0. The average molecular weight is 737 g/mol. The minimum atomic E-state index is -5.68. The van der Waals surface area contributed by atoms with Gasteiger partial charge in [-0.2, -0.15) is 0 Å². The van der Waals surface area contributed by atoms with Gasteiger partial charge in [0.05, 0.1) is 15.6 Å². The molecule has 0 bridgehead atoms. The van der Waals surface area contributed by atoms with Crippen LogP contribution in [0.4, 0.5) is 19.2 Å². The number of carboxylic acid groups (broad SMARTS) is 8. The van der Waals surface area contributed by atoms with E-state index in [1.165, 1.54) is 0 Å². The molecule has 0 aromatic carbocycles. The Morgan fingerprint density at radius 2 is 0.657 bits per heavy atom. The van der Waals surface area contributed by atoms with E-state index in [-0.39, 0.29) is 330 Å². The zero-order valence-electron chi connectivity index (χ0n) is 19.9. The number of carbonyl (C=O) groups excluding carboxylic acids is 2. The summed E-state index contributed by atoms with van der Waals surface area (Å²) in [4.78, 5) is 71.0. The van der Waals surface area contributed by atoms with Crippen molar-refractivity contribution in [3.05, 3.63) is 0 Å². The van der Waals surface area contributed by atoms with Crippen LogP contribution < -0.4 is 332 Å². The number of hydrogen-bond donors (Lipinski definition) is 3. The topological polar surface area (TPSA) is 410 Å². The third kappa shape index (κ3) is 343. The second-order valence-corrected chi connectivity index (χ2v) is 4.47. The van der Waals surface area contributed by atoms with Crippen LogP contribution in [0.2, 0.25) is 0 Å². The Bertz CT molecular complexity index is 438. The van der Waals surface area contributed by atoms with E-state index in [2.05, 4.69) is 4.31 Å². The van der Waals surface area contributed by atoms with Gasteiger partial charge in [0.25, 0.3) is 0 Å². The van der Waals surface area contributed by atoms with Gasteiger partial charge in [0.15, 0.2) is 0 Å². The second-order valence-electron chi connectivity index (χ2n) is 2.02. The summed E-state index contributed by atoms with van der Waals surface area (Å²) in [6, 6.07) is 0. The maximum atomic E-state index is 9.32. The third-order valence-electron chi connectivity index (χ3n) is 0.200. The Kier molecular flexibility index (Phi) is 179. The first kappa shape index (κ1) is 96.7. The van der Waals surface area contributed by atoms with Crippen molar-refractivity contribution >= 4 is 78.0 Å². The number of phosphoric acid groups is 2. The summed E-state index contributed by atoms with van der Waals surface area (Å²) < 4.78 is 21.2. The molecule has 0 aromatic rings. The molecule has 4 N–H and O–H groups in total. The van der Waals surface area contributed by atoms with Gasteiger partial charge in [0, 0.05) is 0 Å². The third-order valence-corrected chi connectivity index (χ3v) is 1.80. The molecule has 0 saturated heterocycles. The standard InChI is InChI=1S/4CH2O3.Ca.K.6Na.H4O7P2.H2O.Rb/c4*2-1(3)4;;;;;;;;;1-8(2,3)7-9(4,5)6;;/h4*(H2,2,3,4);;;;;;;;;(H2,1,2,3)(H2,4,5,6);1H2;/q;;;;+2;7*+1;;;+1/p-10. The van der Waals surface area contributed by atoms with Crippen LogP contribution in [0.3, 0.4) is 0 Å². The van der Waals surface area contributed by atoms with Gasteiger partial charge < -0.3 is 93.7 Å². The van der Waals surface area contributed by atoms with Crippen molar-refractivity contribution in [1.29, 1.82) is 0 Å². The average Bonchev–Trinajstić information content (AvgIpc) is 2.04. The number of hydrogen-bond acceptors (Lipinski definition) is 17. The van der Waals surface area contributed by atoms with Crippen molar-refractivity contribution in [3.8, 4) is 0 Å². The summed E-state index contributed by atoms with van der Waals surface area (Å²) >= 11 is 0. The molecule has 0 spiro atoms. The van der Waals surface area contributed by atoms with E-state index in [1.807, 2.05) is 0 Å². The predicted octanol–water partition coefficient (Wildman–Crippen LogP) is -33.6. The van der Waals surface area contributed by atoms with E-state index < -0.39 is 40.3 Å². The monoisotopic (exact) mass is 736 g/mol. The van der Waals surface area contributed by atoms with E-state index in [0.717, 1.165) is 0 Å². The maximum absolute atomic E-state index is 9.32. The molecular formula is C4H4CaKNa6O20P2Rb. The summed E-state index contributed by atoms with van der Waals surface area (Å²) in [7, 11) is -11.4. The molecule has 0 fully saturated rings. The Morgan fingerprint density at radius 3 is 0.657 bits per heavy atom. The van der Waals surface area contributed by atoms with Crippen LogP contribution in [0.25, 0.3) is 0 Å². The molecule has 20 nitrogen and oxygen atoms in total. The van der Waals surface area contributed by atoms with E-state index in [4.69, 9.17) is 60.0 Å². The first-order valence-corrected chi connectivity index (χ1v) is 6.89. The van der Waals surface area contributed by atoms with Crippen molar-refractivity contribution < 1.29 is 385 Å². The molecule has 0 rings (SSSR count). The summed E-state index contributed by atoms with van der Waals surface area (Å²) in [5.74, 6) is 0. The number of rotatable bonds is 2. The van der Waals surface area contributed by atoms with Gasteiger partial charge in [0.2, 0.25) is 6.16 Å². The Morgan fingerprint density at radius 1 is 0.600 bits per heavy atom. The van der Waals surface area contributed by atoms with Crippen LogP contribution in [0.15, 0.2) is 0 Å². The molecule has 0 aliphatic rings. The normalized spacial score (nSPS) is 6.29. The SMILES string of the molecule is O=C(O)O.O=C([O-])O.O=C([O-])[O-].O=C([O-])[O-].O=P([O-])([O-])OP(=O)([O-])[O-].[Ca+2].[K+].[Na+].[Na+].[Na+].[Na+].[Na+].[Na+].[OH-].[Rb+]. The predicted molar refractivity (Wildman–Crippen MR) is 53.5 cm³/mol. The fraction of sp³-hybridized carbons (Fsp3) is 0. The van der Waals surface area contributed by atoms with Gasteiger partial charge in [-0.1, -0.05) is 0 Å². The fourth-order valence-electron chi connectivity index (χ4n) is 0.122. The van der Waals surface area contributed by atoms with Crippen LogP contribution in [-0.2, 0) is 13.4 Å². The van der Waals surface area contributed by atoms with Gasteiger partial charge >= 0.3 is 331 Å². The molecule has 0 aliphatic heterocycles. The molecule has 160 valence electrons. The van der Waals surface area contributed by atoms with Gasteiger partial charge in [-0.3, -0.25) is 0 Å². The van der Waals surface area contributed by atoms with Gasteiger partial charge in [0.1, 0.15) is 0 Å². The molecule has 0 heterocycles. The Labute approximate surface area is 451 Å². The minimum Gasteiger partial charge on any atom is -0.870 e. The number of carbonyl (C=O) groups is 4. The van der Waals surface area contributed by atoms with Crippen LogP contribution >= 0.6 is 15.6 Å².